The monoisotopic (exact) mass is 652 g/mol. The highest BCUT2D eigenvalue weighted by atomic mass is 35.5. The minimum atomic E-state index is -0.374. The molecular formula is C35H46Cl2N6O2. The molecule has 242 valence electrons. The van der Waals surface area contributed by atoms with E-state index in [0.717, 1.165) is 22.9 Å². The first-order valence-electron chi connectivity index (χ1n) is 15.7. The van der Waals surface area contributed by atoms with Gasteiger partial charge in [0.1, 0.15) is 11.6 Å². The van der Waals surface area contributed by atoms with Crippen LogP contribution in [0.25, 0.3) is 5.82 Å². The summed E-state index contributed by atoms with van der Waals surface area (Å²) in [6.45, 7) is 8.79. The van der Waals surface area contributed by atoms with Crippen molar-refractivity contribution in [3.05, 3.63) is 99.8 Å². The fourth-order valence-corrected chi connectivity index (χ4v) is 5.28. The third-order valence-corrected chi connectivity index (χ3v) is 7.80. The van der Waals surface area contributed by atoms with Gasteiger partial charge in [0, 0.05) is 54.7 Å². The first-order chi connectivity index (χ1) is 21.9. The lowest BCUT2D eigenvalue weighted by Crippen LogP contribution is -2.22. The fourth-order valence-electron chi connectivity index (χ4n) is 4.80. The van der Waals surface area contributed by atoms with Crippen molar-refractivity contribution in [2.45, 2.75) is 66.0 Å². The summed E-state index contributed by atoms with van der Waals surface area (Å²) in [5.74, 6) is 2.54. The number of esters is 1. The predicted molar refractivity (Wildman–Crippen MR) is 187 cm³/mol. The zero-order valence-corrected chi connectivity index (χ0v) is 28.3. The second-order valence-corrected chi connectivity index (χ2v) is 11.5. The maximum atomic E-state index is 11.8. The molecule has 5 rings (SSSR count). The molecule has 1 saturated carbocycles. The number of anilines is 2. The van der Waals surface area contributed by atoms with Crippen molar-refractivity contribution in [3.63, 3.8) is 0 Å². The first kappa shape index (κ1) is 35.9. The van der Waals surface area contributed by atoms with Crippen molar-refractivity contribution in [2.24, 2.45) is 5.92 Å². The van der Waals surface area contributed by atoms with Crippen LogP contribution in [0.3, 0.4) is 0 Å². The minimum absolute atomic E-state index is 0.374. The van der Waals surface area contributed by atoms with E-state index >= 15 is 0 Å². The molecule has 1 fully saturated rings. The Morgan fingerprint density at radius 1 is 0.911 bits per heavy atom. The summed E-state index contributed by atoms with van der Waals surface area (Å²) in [7, 11) is 1.37. The van der Waals surface area contributed by atoms with Gasteiger partial charge in [-0.05, 0) is 53.4 Å². The van der Waals surface area contributed by atoms with E-state index in [1.807, 2.05) is 73.3 Å². The molecule has 4 aromatic rings. The molecule has 0 unspecified atom stereocenters. The second kappa shape index (κ2) is 19.7. The zero-order valence-electron chi connectivity index (χ0n) is 26.8. The van der Waals surface area contributed by atoms with E-state index in [1.54, 1.807) is 18.2 Å². The van der Waals surface area contributed by atoms with E-state index in [4.69, 9.17) is 27.9 Å². The Bertz CT molecular complexity index is 1440. The van der Waals surface area contributed by atoms with Crippen molar-refractivity contribution >= 4 is 40.9 Å². The number of carbonyl (C=O) groups excluding carboxylic acids is 1. The van der Waals surface area contributed by atoms with E-state index in [1.165, 1.54) is 39.2 Å². The summed E-state index contributed by atoms with van der Waals surface area (Å²) < 4.78 is 6.72. The summed E-state index contributed by atoms with van der Waals surface area (Å²) in [6.07, 6.45) is 11.3. The van der Waals surface area contributed by atoms with Crippen LogP contribution in [0.5, 0.6) is 0 Å². The maximum Gasteiger partial charge on any atom is 0.337 e. The van der Waals surface area contributed by atoms with Gasteiger partial charge in [0.2, 0.25) is 5.95 Å². The first-order valence-corrected chi connectivity index (χ1v) is 16.5. The lowest BCUT2D eigenvalue weighted by Gasteiger charge is -2.15. The van der Waals surface area contributed by atoms with Gasteiger partial charge in [-0.2, -0.15) is 9.97 Å². The Morgan fingerprint density at radius 2 is 1.67 bits per heavy atom. The molecule has 2 heterocycles. The van der Waals surface area contributed by atoms with Crippen molar-refractivity contribution < 1.29 is 9.53 Å². The predicted octanol–water partition coefficient (Wildman–Crippen LogP) is 8.79. The van der Waals surface area contributed by atoms with E-state index in [-0.39, 0.29) is 5.97 Å². The molecule has 1 aliphatic rings. The van der Waals surface area contributed by atoms with Crippen molar-refractivity contribution in [2.75, 3.05) is 30.8 Å². The average Bonchev–Trinajstić information content (AvgIpc) is 3.61. The van der Waals surface area contributed by atoms with Crippen LogP contribution in [0.15, 0.2) is 73.1 Å². The molecule has 0 bridgehead atoms. The van der Waals surface area contributed by atoms with Gasteiger partial charge in [0.25, 0.3) is 0 Å². The SMILES string of the molecule is CC.CC1CCCCC1.COC(=O)c1cccc(CNc2nc(NCCNCc3ccc(Cl)cc3Cl)cc(-n3cccc3)n2)c1. The summed E-state index contributed by atoms with van der Waals surface area (Å²) in [5, 5.41) is 11.2. The lowest BCUT2D eigenvalue weighted by molar-refractivity contribution is 0.0600. The van der Waals surface area contributed by atoms with Gasteiger partial charge in [-0.15, -0.1) is 0 Å². The van der Waals surface area contributed by atoms with E-state index in [9.17, 15) is 4.79 Å². The number of hydrogen-bond acceptors (Lipinski definition) is 7. The lowest BCUT2D eigenvalue weighted by atomic mass is 9.91. The van der Waals surface area contributed by atoms with Crippen molar-refractivity contribution in [3.8, 4) is 5.82 Å². The summed E-state index contributed by atoms with van der Waals surface area (Å²) >= 11 is 12.2. The Labute approximate surface area is 277 Å². The number of rotatable bonds is 11. The van der Waals surface area contributed by atoms with E-state index in [2.05, 4.69) is 32.8 Å². The smallest absolute Gasteiger partial charge is 0.337 e. The molecule has 45 heavy (non-hydrogen) atoms. The fraction of sp³-hybridized carbons (Fsp3) is 0.400. The number of aromatic nitrogens is 3. The number of methoxy groups -OCH3 is 1. The molecule has 0 radical (unpaired) electrons. The highest BCUT2D eigenvalue weighted by Gasteiger charge is 2.09. The molecule has 0 aliphatic heterocycles. The highest BCUT2D eigenvalue weighted by molar-refractivity contribution is 6.35. The van der Waals surface area contributed by atoms with Crippen LogP contribution in [0.1, 0.15) is 74.4 Å². The number of ether oxygens (including phenoxy) is 1. The number of benzene rings is 2. The molecule has 0 atom stereocenters. The van der Waals surface area contributed by atoms with Crippen LogP contribution in [0.2, 0.25) is 10.0 Å². The molecule has 2 aromatic heterocycles. The second-order valence-electron chi connectivity index (χ2n) is 10.7. The molecule has 10 heteroatoms. The number of carbonyl (C=O) groups is 1. The van der Waals surface area contributed by atoms with Crippen LogP contribution in [-0.2, 0) is 17.8 Å². The molecule has 0 spiro atoms. The van der Waals surface area contributed by atoms with Gasteiger partial charge >= 0.3 is 5.97 Å². The number of hydrogen-bond donors (Lipinski definition) is 3. The molecule has 3 N–H and O–H groups in total. The van der Waals surface area contributed by atoms with Gasteiger partial charge in [-0.25, -0.2) is 4.79 Å². The zero-order chi connectivity index (χ0) is 32.4. The molecule has 2 aromatic carbocycles. The molecule has 0 amide bonds. The standard InChI is InChI=1S/C26H26Cl2N6O2.C7H14.C2H6/c1-36-25(35)19-6-4-5-18(13-19)16-31-26-32-23(15-24(33-26)34-11-2-3-12-34)30-10-9-29-17-20-7-8-21(27)14-22(20)28;1-7-5-3-2-4-6-7;1-2/h2-8,11-15,29H,9-10,16-17H2,1H3,(H2,30,31,32,33);7H,2-6H2,1H3;1-2H3. The van der Waals surface area contributed by atoms with Crippen LogP contribution in [0.4, 0.5) is 11.8 Å². The number of nitrogens with one attached hydrogen (secondary N) is 3. The van der Waals surface area contributed by atoms with Crippen LogP contribution in [-0.4, -0.2) is 40.7 Å². The summed E-state index contributed by atoms with van der Waals surface area (Å²) in [4.78, 5) is 21.1. The summed E-state index contributed by atoms with van der Waals surface area (Å²) in [5.41, 5.74) is 2.39. The molecule has 0 saturated heterocycles. The van der Waals surface area contributed by atoms with Gasteiger partial charge < -0.3 is 25.3 Å². The van der Waals surface area contributed by atoms with Gasteiger partial charge in [-0.3, -0.25) is 0 Å². The summed E-state index contributed by atoms with van der Waals surface area (Å²) in [6, 6.07) is 18.5. The van der Waals surface area contributed by atoms with E-state index < -0.39 is 0 Å². The number of halogens is 2. The van der Waals surface area contributed by atoms with Crippen LogP contribution < -0.4 is 16.0 Å². The maximum absolute atomic E-state index is 11.8. The molecule has 8 nitrogen and oxygen atoms in total. The average molecular weight is 654 g/mol. The van der Waals surface area contributed by atoms with Gasteiger partial charge in [0.15, 0.2) is 0 Å². The molecule has 1 aliphatic carbocycles. The van der Waals surface area contributed by atoms with Gasteiger partial charge in [0.05, 0.1) is 12.7 Å². The topological polar surface area (TPSA) is 93.1 Å². The van der Waals surface area contributed by atoms with Crippen molar-refractivity contribution in [1.82, 2.24) is 19.9 Å². The Morgan fingerprint density at radius 3 is 2.33 bits per heavy atom. The Balaban J connectivity index is 0.000000534. The van der Waals surface area contributed by atoms with E-state index in [0.29, 0.717) is 53.6 Å². The van der Waals surface area contributed by atoms with Gasteiger partial charge in [-0.1, -0.05) is 94.3 Å². The Hall–Kier alpha value is -3.59. The normalized spacial score (nSPS) is 12.7. The Kier molecular flexibility index (Phi) is 15.7. The highest BCUT2D eigenvalue weighted by Crippen LogP contribution is 2.22. The number of nitrogens with zero attached hydrogens (tertiary/aromatic N) is 3. The third-order valence-electron chi connectivity index (χ3n) is 7.21. The molecular weight excluding hydrogens is 607 g/mol. The minimum Gasteiger partial charge on any atom is -0.465 e. The quantitative estimate of drug-likeness (QED) is 0.110. The van der Waals surface area contributed by atoms with Crippen LogP contribution in [0, 0.1) is 5.92 Å². The third kappa shape index (κ3) is 12.4. The van der Waals surface area contributed by atoms with Crippen LogP contribution >= 0.6 is 23.2 Å². The largest absolute Gasteiger partial charge is 0.465 e. The van der Waals surface area contributed by atoms with Crippen molar-refractivity contribution in [1.29, 1.82) is 0 Å².